The fourth-order valence-corrected chi connectivity index (χ4v) is 2.24. The quantitative estimate of drug-likeness (QED) is 0.411. The number of benzene rings is 2. The molecule has 0 bridgehead atoms. The van der Waals surface area contributed by atoms with Crippen LogP contribution in [0.4, 0.5) is 0 Å². The maximum absolute atomic E-state index is 12.2. The molecular formula is C18H14BrClO3. The Labute approximate surface area is 148 Å². The van der Waals surface area contributed by atoms with Crippen molar-refractivity contribution in [2.45, 2.75) is 13.0 Å². The molecule has 0 heterocycles. The third kappa shape index (κ3) is 5.34. The number of halogens is 2. The van der Waals surface area contributed by atoms with Crippen LogP contribution in [0.2, 0.25) is 5.02 Å². The lowest BCUT2D eigenvalue weighted by atomic mass is 10.1. The topological polar surface area (TPSA) is 43.4 Å². The maximum atomic E-state index is 12.2. The van der Waals surface area contributed by atoms with Gasteiger partial charge >= 0.3 is 5.97 Å². The van der Waals surface area contributed by atoms with Crippen LogP contribution < -0.4 is 0 Å². The Morgan fingerprint density at radius 3 is 2.30 bits per heavy atom. The summed E-state index contributed by atoms with van der Waals surface area (Å²) < 4.78 is 6.01. The average Bonchev–Trinajstić information content (AvgIpc) is 2.54. The normalized spacial score (nSPS) is 12.1. The molecule has 0 saturated heterocycles. The van der Waals surface area contributed by atoms with E-state index in [1.54, 1.807) is 61.5 Å². The third-order valence-electron chi connectivity index (χ3n) is 3.07. The van der Waals surface area contributed by atoms with E-state index in [9.17, 15) is 9.59 Å². The van der Waals surface area contributed by atoms with Crippen molar-refractivity contribution in [1.82, 2.24) is 0 Å². The van der Waals surface area contributed by atoms with Gasteiger partial charge in [0, 0.05) is 21.1 Å². The van der Waals surface area contributed by atoms with Gasteiger partial charge in [-0.2, -0.15) is 0 Å². The molecule has 2 rings (SSSR count). The standard InChI is InChI=1S/C18H14BrClO3/c1-12(18(22)14-5-7-15(19)8-6-14)23-17(21)11-4-13-2-9-16(20)10-3-13/h2-12H,1H3/b11-4+/t12-/m1/s1. The molecule has 0 amide bonds. The Balaban J connectivity index is 1.95. The predicted molar refractivity (Wildman–Crippen MR) is 94.5 cm³/mol. The maximum Gasteiger partial charge on any atom is 0.331 e. The summed E-state index contributed by atoms with van der Waals surface area (Å²) in [7, 11) is 0. The highest BCUT2D eigenvalue weighted by molar-refractivity contribution is 9.10. The number of carbonyl (C=O) groups is 2. The van der Waals surface area contributed by atoms with Crippen LogP contribution in [-0.4, -0.2) is 17.9 Å². The van der Waals surface area contributed by atoms with Crippen molar-refractivity contribution < 1.29 is 14.3 Å². The van der Waals surface area contributed by atoms with E-state index in [1.807, 2.05) is 0 Å². The molecule has 0 spiro atoms. The Kier molecular flexibility index (Phi) is 6.13. The molecule has 5 heteroatoms. The van der Waals surface area contributed by atoms with E-state index in [0.717, 1.165) is 10.0 Å². The smallest absolute Gasteiger partial charge is 0.331 e. The number of ether oxygens (including phenoxy) is 1. The molecule has 0 radical (unpaired) electrons. The van der Waals surface area contributed by atoms with Crippen molar-refractivity contribution in [1.29, 1.82) is 0 Å². The van der Waals surface area contributed by atoms with Crippen molar-refractivity contribution >= 4 is 45.4 Å². The first-order valence-electron chi connectivity index (χ1n) is 6.90. The SMILES string of the molecule is C[C@@H](OC(=O)/C=C/c1ccc(Cl)cc1)C(=O)c1ccc(Br)cc1. The predicted octanol–water partition coefficient (Wildman–Crippen LogP) is 4.93. The van der Waals surface area contributed by atoms with Crippen LogP contribution in [0.15, 0.2) is 59.1 Å². The van der Waals surface area contributed by atoms with E-state index < -0.39 is 12.1 Å². The zero-order valence-corrected chi connectivity index (χ0v) is 14.7. The monoisotopic (exact) mass is 392 g/mol. The molecule has 0 unspecified atom stereocenters. The molecule has 1 atom stereocenters. The van der Waals surface area contributed by atoms with E-state index in [0.29, 0.717) is 10.6 Å². The highest BCUT2D eigenvalue weighted by atomic mass is 79.9. The summed E-state index contributed by atoms with van der Waals surface area (Å²) in [5.74, 6) is -0.816. The van der Waals surface area contributed by atoms with Gasteiger partial charge in [-0.1, -0.05) is 51.8 Å². The fourth-order valence-electron chi connectivity index (χ4n) is 1.85. The van der Waals surface area contributed by atoms with Gasteiger partial charge in [0.25, 0.3) is 0 Å². The third-order valence-corrected chi connectivity index (χ3v) is 3.85. The van der Waals surface area contributed by atoms with Gasteiger partial charge in [0.15, 0.2) is 6.10 Å². The number of ketones is 1. The number of hydrogen-bond donors (Lipinski definition) is 0. The summed E-state index contributed by atoms with van der Waals surface area (Å²) in [6.45, 7) is 1.55. The molecule has 23 heavy (non-hydrogen) atoms. The van der Waals surface area contributed by atoms with E-state index >= 15 is 0 Å². The van der Waals surface area contributed by atoms with Crippen LogP contribution >= 0.6 is 27.5 Å². The number of rotatable bonds is 5. The van der Waals surface area contributed by atoms with Gasteiger partial charge in [-0.05, 0) is 42.8 Å². The lowest BCUT2D eigenvalue weighted by molar-refractivity contribution is -0.140. The van der Waals surface area contributed by atoms with Gasteiger partial charge in [0.2, 0.25) is 5.78 Å². The molecule has 0 fully saturated rings. The van der Waals surface area contributed by atoms with Crippen molar-refractivity contribution in [3.05, 3.63) is 75.2 Å². The second-order valence-corrected chi connectivity index (χ2v) is 6.19. The number of Topliss-reactive ketones (excluding diaryl/α,β-unsaturated/α-hetero) is 1. The highest BCUT2D eigenvalue weighted by Gasteiger charge is 2.18. The summed E-state index contributed by atoms with van der Waals surface area (Å²) in [6.07, 6.45) is 2.04. The lowest BCUT2D eigenvalue weighted by Crippen LogP contribution is -2.23. The van der Waals surface area contributed by atoms with Crippen molar-refractivity contribution in [3.8, 4) is 0 Å². The van der Waals surface area contributed by atoms with E-state index in [1.165, 1.54) is 6.08 Å². The molecule has 0 aromatic heterocycles. The van der Waals surface area contributed by atoms with Gasteiger partial charge in [0.1, 0.15) is 0 Å². The van der Waals surface area contributed by atoms with E-state index in [-0.39, 0.29) is 5.78 Å². The van der Waals surface area contributed by atoms with Crippen LogP contribution in [0.3, 0.4) is 0 Å². The van der Waals surface area contributed by atoms with Crippen LogP contribution in [0, 0.1) is 0 Å². The minimum Gasteiger partial charge on any atom is -0.451 e. The Morgan fingerprint density at radius 1 is 1.09 bits per heavy atom. The van der Waals surface area contributed by atoms with Crippen molar-refractivity contribution in [2.75, 3.05) is 0 Å². The van der Waals surface area contributed by atoms with Gasteiger partial charge < -0.3 is 4.74 Å². The zero-order chi connectivity index (χ0) is 16.8. The first-order valence-corrected chi connectivity index (χ1v) is 8.07. The van der Waals surface area contributed by atoms with Gasteiger partial charge in [-0.25, -0.2) is 4.79 Å². The van der Waals surface area contributed by atoms with Crippen LogP contribution in [0.5, 0.6) is 0 Å². The Hall–Kier alpha value is -1.91. The average molecular weight is 394 g/mol. The van der Waals surface area contributed by atoms with Gasteiger partial charge in [0.05, 0.1) is 0 Å². The largest absolute Gasteiger partial charge is 0.451 e. The van der Waals surface area contributed by atoms with Crippen molar-refractivity contribution in [2.24, 2.45) is 0 Å². The first-order chi connectivity index (χ1) is 11.0. The van der Waals surface area contributed by atoms with Crippen LogP contribution in [0.1, 0.15) is 22.8 Å². The minimum absolute atomic E-state index is 0.245. The van der Waals surface area contributed by atoms with Gasteiger partial charge in [-0.15, -0.1) is 0 Å². The molecule has 3 nitrogen and oxygen atoms in total. The molecule has 118 valence electrons. The highest BCUT2D eigenvalue weighted by Crippen LogP contribution is 2.14. The molecule has 0 aliphatic carbocycles. The molecule has 2 aromatic carbocycles. The van der Waals surface area contributed by atoms with E-state index in [4.69, 9.17) is 16.3 Å². The van der Waals surface area contributed by atoms with E-state index in [2.05, 4.69) is 15.9 Å². The zero-order valence-electron chi connectivity index (χ0n) is 12.3. The van der Waals surface area contributed by atoms with Gasteiger partial charge in [-0.3, -0.25) is 4.79 Å². The Bertz CT molecular complexity index is 721. The molecule has 0 aliphatic rings. The lowest BCUT2D eigenvalue weighted by Gasteiger charge is -2.10. The second kappa shape index (κ2) is 8.09. The summed E-state index contributed by atoms with van der Waals surface area (Å²) in [4.78, 5) is 24.0. The summed E-state index contributed by atoms with van der Waals surface area (Å²) in [6, 6.07) is 13.9. The van der Waals surface area contributed by atoms with Crippen LogP contribution in [-0.2, 0) is 9.53 Å². The molecule has 0 N–H and O–H groups in total. The number of esters is 1. The van der Waals surface area contributed by atoms with Crippen molar-refractivity contribution in [3.63, 3.8) is 0 Å². The minimum atomic E-state index is -0.849. The first kappa shape index (κ1) is 17.4. The van der Waals surface area contributed by atoms with Crippen LogP contribution in [0.25, 0.3) is 6.08 Å². The molecular weight excluding hydrogens is 380 g/mol. The second-order valence-electron chi connectivity index (χ2n) is 4.84. The number of hydrogen-bond acceptors (Lipinski definition) is 3. The molecule has 0 aliphatic heterocycles. The summed E-state index contributed by atoms with van der Waals surface area (Å²) >= 11 is 9.09. The molecule has 2 aromatic rings. The Morgan fingerprint density at radius 2 is 1.70 bits per heavy atom. The summed E-state index contributed by atoms with van der Waals surface area (Å²) in [5.41, 5.74) is 1.31. The molecule has 0 saturated carbocycles. The number of carbonyl (C=O) groups excluding carboxylic acids is 2. The fraction of sp³-hybridized carbons (Fsp3) is 0.111. The summed E-state index contributed by atoms with van der Waals surface area (Å²) in [5, 5.41) is 0.624.